The molecule has 108 valence electrons. The van der Waals surface area contributed by atoms with Crippen molar-refractivity contribution in [2.45, 2.75) is 32.9 Å². The molecule has 0 saturated heterocycles. The number of benzene rings is 1. The minimum Gasteiger partial charge on any atom is -0.305 e. The molecule has 1 N–H and O–H groups in total. The summed E-state index contributed by atoms with van der Waals surface area (Å²) in [6.45, 7) is 5.98. The van der Waals surface area contributed by atoms with Crippen LogP contribution in [0.15, 0.2) is 30.5 Å². The molecule has 0 bridgehead atoms. The molecule has 1 atom stereocenters. The number of hydrogen-bond donors (Lipinski definition) is 1. The van der Waals surface area contributed by atoms with E-state index >= 15 is 0 Å². The van der Waals surface area contributed by atoms with Crippen LogP contribution in [0.5, 0.6) is 0 Å². The smallest absolute Gasteiger partial charge is 0.0749 e. The zero-order valence-electron chi connectivity index (χ0n) is 11.7. The molecule has 20 heavy (non-hydrogen) atoms. The Hall–Kier alpha value is -1.03. The van der Waals surface area contributed by atoms with Gasteiger partial charge in [-0.15, -0.1) is 0 Å². The number of halogens is 2. The largest absolute Gasteiger partial charge is 0.305 e. The number of rotatable bonds is 6. The lowest BCUT2D eigenvalue weighted by Gasteiger charge is -2.20. The summed E-state index contributed by atoms with van der Waals surface area (Å²) >= 11 is 12.3. The fourth-order valence-corrected chi connectivity index (χ4v) is 2.82. The van der Waals surface area contributed by atoms with Crippen LogP contribution in [-0.4, -0.2) is 16.3 Å². The maximum atomic E-state index is 6.13. The van der Waals surface area contributed by atoms with Crippen LogP contribution in [0.2, 0.25) is 10.0 Å². The van der Waals surface area contributed by atoms with E-state index in [1.807, 2.05) is 29.1 Å². The molecule has 1 unspecified atom stereocenters. The lowest BCUT2D eigenvalue weighted by Crippen LogP contribution is -2.25. The summed E-state index contributed by atoms with van der Waals surface area (Å²) in [4.78, 5) is 0. The van der Waals surface area contributed by atoms with Crippen LogP contribution >= 0.6 is 23.2 Å². The minimum atomic E-state index is 0.0496. The molecule has 0 amide bonds. The first-order valence-corrected chi connectivity index (χ1v) is 7.62. The van der Waals surface area contributed by atoms with Gasteiger partial charge >= 0.3 is 0 Å². The molecular formula is C15H19Cl2N3. The van der Waals surface area contributed by atoms with Gasteiger partial charge in [-0.3, -0.25) is 4.68 Å². The SMILES string of the molecule is CCCNC(c1cc(Cl)cc(Cl)c1)c1ccnn1CC. The lowest BCUT2D eigenvalue weighted by molar-refractivity contribution is 0.530. The Morgan fingerprint density at radius 2 is 1.90 bits per heavy atom. The molecule has 0 fully saturated rings. The highest BCUT2D eigenvalue weighted by Gasteiger charge is 2.18. The minimum absolute atomic E-state index is 0.0496. The Balaban J connectivity index is 2.41. The van der Waals surface area contributed by atoms with Gasteiger partial charge in [-0.05, 0) is 49.7 Å². The summed E-state index contributed by atoms with van der Waals surface area (Å²) in [5.74, 6) is 0. The van der Waals surface area contributed by atoms with Crippen LogP contribution < -0.4 is 5.32 Å². The summed E-state index contributed by atoms with van der Waals surface area (Å²) in [6.07, 6.45) is 2.89. The molecule has 0 aliphatic heterocycles. The molecule has 0 spiro atoms. The van der Waals surface area contributed by atoms with E-state index in [9.17, 15) is 0 Å². The van der Waals surface area contributed by atoms with Crippen molar-refractivity contribution in [1.29, 1.82) is 0 Å². The van der Waals surface area contributed by atoms with Gasteiger partial charge in [-0.25, -0.2) is 0 Å². The van der Waals surface area contributed by atoms with E-state index in [-0.39, 0.29) is 6.04 Å². The predicted molar refractivity (Wildman–Crippen MR) is 84.5 cm³/mol. The number of hydrogen-bond acceptors (Lipinski definition) is 2. The standard InChI is InChI=1S/C15H19Cl2N3/c1-3-6-18-15(14-5-7-19-20(14)4-2)11-8-12(16)10-13(17)9-11/h5,7-10,15,18H,3-4,6H2,1-2H3. The van der Waals surface area contributed by atoms with Crippen LogP contribution in [0.4, 0.5) is 0 Å². The summed E-state index contributed by atoms with van der Waals surface area (Å²) in [7, 11) is 0. The zero-order valence-corrected chi connectivity index (χ0v) is 13.2. The van der Waals surface area contributed by atoms with E-state index in [1.54, 1.807) is 6.07 Å². The Morgan fingerprint density at radius 1 is 1.20 bits per heavy atom. The molecule has 0 radical (unpaired) electrons. The van der Waals surface area contributed by atoms with Gasteiger partial charge in [-0.2, -0.15) is 5.10 Å². The number of aryl methyl sites for hydroxylation is 1. The van der Waals surface area contributed by atoms with Gasteiger partial charge in [-0.1, -0.05) is 30.1 Å². The number of nitrogens with one attached hydrogen (secondary N) is 1. The molecule has 5 heteroatoms. The Bertz CT molecular complexity index is 546. The average molecular weight is 312 g/mol. The van der Waals surface area contributed by atoms with Crippen molar-refractivity contribution in [1.82, 2.24) is 15.1 Å². The quantitative estimate of drug-likeness (QED) is 0.862. The van der Waals surface area contributed by atoms with E-state index in [2.05, 4.69) is 24.3 Å². The van der Waals surface area contributed by atoms with Gasteiger partial charge in [0.2, 0.25) is 0 Å². The number of nitrogens with zero attached hydrogens (tertiary/aromatic N) is 2. The summed E-state index contributed by atoms with van der Waals surface area (Å²) in [5.41, 5.74) is 2.19. The highest BCUT2D eigenvalue weighted by atomic mass is 35.5. The van der Waals surface area contributed by atoms with Gasteiger partial charge in [0, 0.05) is 22.8 Å². The molecule has 0 saturated carbocycles. The average Bonchev–Trinajstić information content (AvgIpc) is 2.86. The van der Waals surface area contributed by atoms with Gasteiger partial charge in [0.25, 0.3) is 0 Å². The maximum Gasteiger partial charge on any atom is 0.0749 e. The fourth-order valence-electron chi connectivity index (χ4n) is 2.28. The second-order valence-electron chi connectivity index (χ2n) is 4.66. The van der Waals surface area contributed by atoms with Crippen molar-refractivity contribution in [2.75, 3.05) is 6.54 Å². The topological polar surface area (TPSA) is 29.9 Å². The molecule has 0 aliphatic carbocycles. The van der Waals surface area contributed by atoms with Crippen molar-refractivity contribution in [3.63, 3.8) is 0 Å². The van der Waals surface area contributed by atoms with Crippen LogP contribution in [0.3, 0.4) is 0 Å². The molecular weight excluding hydrogens is 293 g/mol. The maximum absolute atomic E-state index is 6.13. The van der Waals surface area contributed by atoms with Crippen molar-refractivity contribution in [3.8, 4) is 0 Å². The lowest BCUT2D eigenvalue weighted by atomic mass is 10.0. The summed E-state index contributed by atoms with van der Waals surface area (Å²) in [5, 5.41) is 9.19. The first-order valence-electron chi connectivity index (χ1n) is 6.86. The summed E-state index contributed by atoms with van der Waals surface area (Å²) < 4.78 is 1.99. The molecule has 0 aliphatic rings. The normalized spacial score (nSPS) is 12.6. The van der Waals surface area contributed by atoms with Gasteiger partial charge < -0.3 is 5.32 Å². The molecule has 1 heterocycles. The molecule has 3 nitrogen and oxygen atoms in total. The predicted octanol–water partition coefficient (Wildman–Crippen LogP) is 4.30. The van der Waals surface area contributed by atoms with Crippen LogP contribution in [0, 0.1) is 0 Å². The van der Waals surface area contributed by atoms with Gasteiger partial charge in [0.1, 0.15) is 0 Å². The first kappa shape index (κ1) is 15.4. The summed E-state index contributed by atoms with van der Waals surface area (Å²) in [6, 6.07) is 7.74. The third-order valence-electron chi connectivity index (χ3n) is 3.16. The van der Waals surface area contributed by atoms with E-state index in [0.717, 1.165) is 30.8 Å². The van der Waals surface area contributed by atoms with Crippen LogP contribution in [-0.2, 0) is 6.54 Å². The molecule has 1 aromatic heterocycles. The van der Waals surface area contributed by atoms with Crippen molar-refractivity contribution in [2.24, 2.45) is 0 Å². The Morgan fingerprint density at radius 3 is 2.50 bits per heavy atom. The molecule has 2 aromatic rings. The zero-order chi connectivity index (χ0) is 14.5. The van der Waals surface area contributed by atoms with Gasteiger partial charge in [0.15, 0.2) is 0 Å². The first-order chi connectivity index (χ1) is 9.65. The Kier molecular flexibility index (Phi) is 5.46. The highest BCUT2D eigenvalue weighted by Crippen LogP contribution is 2.27. The second-order valence-corrected chi connectivity index (χ2v) is 5.53. The van der Waals surface area contributed by atoms with Crippen molar-refractivity contribution >= 4 is 23.2 Å². The highest BCUT2D eigenvalue weighted by molar-refractivity contribution is 6.34. The van der Waals surface area contributed by atoms with E-state index in [4.69, 9.17) is 23.2 Å². The van der Waals surface area contributed by atoms with Crippen LogP contribution in [0.1, 0.15) is 37.6 Å². The Labute approximate surface area is 129 Å². The van der Waals surface area contributed by atoms with E-state index in [1.165, 1.54) is 0 Å². The van der Waals surface area contributed by atoms with Crippen molar-refractivity contribution < 1.29 is 0 Å². The van der Waals surface area contributed by atoms with E-state index < -0.39 is 0 Å². The van der Waals surface area contributed by atoms with E-state index in [0.29, 0.717) is 10.0 Å². The van der Waals surface area contributed by atoms with Crippen molar-refractivity contribution in [3.05, 3.63) is 51.8 Å². The third-order valence-corrected chi connectivity index (χ3v) is 3.60. The van der Waals surface area contributed by atoms with Crippen LogP contribution in [0.25, 0.3) is 0 Å². The monoisotopic (exact) mass is 311 g/mol. The molecule has 1 aromatic carbocycles. The van der Waals surface area contributed by atoms with Gasteiger partial charge in [0.05, 0.1) is 11.7 Å². The second kappa shape index (κ2) is 7.11. The fraction of sp³-hybridized carbons (Fsp3) is 0.400. The number of aromatic nitrogens is 2. The molecule has 2 rings (SSSR count). The third kappa shape index (κ3) is 3.54.